The van der Waals surface area contributed by atoms with Gasteiger partial charge in [0.05, 0.1) is 6.54 Å². The SMILES string of the molecule is CCCCCCCN(CCCCCS)CC(=O)Nc1c(C)ccc(Cl)c1C. The number of carbonyl (C=O) groups excluding carboxylic acids is 1. The predicted octanol–water partition coefficient (Wildman–Crippen LogP) is 6.27. The molecule has 0 aliphatic heterocycles. The Labute approximate surface area is 176 Å². The molecule has 0 radical (unpaired) electrons. The molecular weight excluding hydrogens is 376 g/mol. The first-order valence-electron chi connectivity index (χ1n) is 10.4. The van der Waals surface area contributed by atoms with Gasteiger partial charge in [0.15, 0.2) is 0 Å². The number of benzene rings is 1. The van der Waals surface area contributed by atoms with E-state index >= 15 is 0 Å². The van der Waals surface area contributed by atoms with Crippen LogP contribution in [0.4, 0.5) is 5.69 Å². The molecule has 1 rings (SSSR count). The van der Waals surface area contributed by atoms with Gasteiger partial charge in [-0.1, -0.05) is 56.7 Å². The quantitative estimate of drug-likeness (QED) is 0.279. The van der Waals surface area contributed by atoms with Crippen molar-refractivity contribution in [2.45, 2.75) is 72.1 Å². The van der Waals surface area contributed by atoms with E-state index in [1.807, 2.05) is 26.0 Å². The van der Waals surface area contributed by atoms with Crippen LogP contribution < -0.4 is 5.32 Å². The third kappa shape index (κ3) is 9.87. The third-order valence-corrected chi connectivity index (χ3v) is 5.67. The monoisotopic (exact) mass is 412 g/mol. The summed E-state index contributed by atoms with van der Waals surface area (Å²) < 4.78 is 0. The van der Waals surface area contributed by atoms with Gasteiger partial charge in [-0.05, 0) is 69.1 Å². The molecule has 1 aromatic carbocycles. The van der Waals surface area contributed by atoms with Crippen LogP contribution in [0.3, 0.4) is 0 Å². The fourth-order valence-corrected chi connectivity index (χ4v) is 3.61. The minimum absolute atomic E-state index is 0.0474. The van der Waals surface area contributed by atoms with Crippen molar-refractivity contribution in [3.05, 3.63) is 28.3 Å². The Morgan fingerprint density at radius 3 is 2.30 bits per heavy atom. The van der Waals surface area contributed by atoms with Crippen molar-refractivity contribution in [3.8, 4) is 0 Å². The van der Waals surface area contributed by atoms with Crippen molar-refractivity contribution in [2.24, 2.45) is 0 Å². The Kier molecular flexibility index (Phi) is 12.9. The summed E-state index contributed by atoms with van der Waals surface area (Å²) in [5.41, 5.74) is 2.83. The van der Waals surface area contributed by atoms with Gasteiger partial charge in [0.1, 0.15) is 0 Å². The number of carbonyl (C=O) groups is 1. The van der Waals surface area contributed by atoms with Gasteiger partial charge < -0.3 is 5.32 Å². The molecule has 0 unspecified atom stereocenters. The second-order valence-electron chi connectivity index (χ2n) is 7.39. The van der Waals surface area contributed by atoms with E-state index in [1.165, 1.54) is 32.1 Å². The molecule has 0 bridgehead atoms. The second-order valence-corrected chi connectivity index (χ2v) is 8.24. The highest BCUT2D eigenvalue weighted by Crippen LogP contribution is 2.27. The molecule has 1 N–H and O–H groups in total. The number of amides is 1. The summed E-state index contributed by atoms with van der Waals surface area (Å²) in [6.07, 6.45) is 9.69. The number of rotatable bonds is 14. The summed E-state index contributed by atoms with van der Waals surface area (Å²) in [6.45, 7) is 8.60. The van der Waals surface area contributed by atoms with Crippen LogP contribution in [0.5, 0.6) is 0 Å². The predicted molar refractivity (Wildman–Crippen MR) is 122 cm³/mol. The Balaban J connectivity index is 2.58. The minimum Gasteiger partial charge on any atom is -0.324 e. The maximum Gasteiger partial charge on any atom is 0.238 e. The zero-order valence-corrected chi connectivity index (χ0v) is 19.0. The summed E-state index contributed by atoms with van der Waals surface area (Å²) in [7, 11) is 0. The van der Waals surface area contributed by atoms with E-state index in [9.17, 15) is 4.79 Å². The second kappa shape index (κ2) is 14.3. The zero-order valence-electron chi connectivity index (χ0n) is 17.3. The van der Waals surface area contributed by atoms with Crippen molar-refractivity contribution < 1.29 is 4.79 Å². The van der Waals surface area contributed by atoms with E-state index in [0.29, 0.717) is 11.6 Å². The molecule has 0 aliphatic rings. The van der Waals surface area contributed by atoms with Crippen LogP contribution in [0.1, 0.15) is 69.4 Å². The van der Waals surface area contributed by atoms with Crippen LogP contribution in [0.2, 0.25) is 5.02 Å². The minimum atomic E-state index is 0.0474. The molecular formula is C22H37ClN2OS. The maximum absolute atomic E-state index is 12.7. The largest absolute Gasteiger partial charge is 0.324 e. The summed E-state index contributed by atoms with van der Waals surface area (Å²) in [6, 6.07) is 3.83. The standard InChI is InChI=1S/C22H37ClN2OS/c1-4-5-6-7-9-14-25(15-10-8-11-16-27)17-21(26)24-22-18(2)12-13-20(23)19(22)3/h12-13,27H,4-11,14-17H2,1-3H3,(H,24,26). The first kappa shape index (κ1) is 24.3. The van der Waals surface area contributed by atoms with Gasteiger partial charge in [0.2, 0.25) is 5.91 Å². The van der Waals surface area contributed by atoms with Crippen LogP contribution in [0.15, 0.2) is 12.1 Å². The molecule has 0 saturated heterocycles. The van der Waals surface area contributed by atoms with Gasteiger partial charge in [0, 0.05) is 10.7 Å². The van der Waals surface area contributed by atoms with Crippen LogP contribution in [0, 0.1) is 13.8 Å². The zero-order chi connectivity index (χ0) is 20.1. The van der Waals surface area contributed by atoms with Gasteiger partial charge in [-0.2, -0.15) is 12.6 Å². The van der Waals surface area contributed by atoms with Gasteiger partial charge in [-0.25, -0.2) is 0 Å². The average molecular weight is 413 g/mol. The topological polar surface area (TPSA) is 32.3 Å². The number of halogens is 1. The van der Waals surface area contributed by atoms with E-state index in [1.54, 1.807) is 0 Å². The molecule has 0 atom stereocenters. The highest BCUT2D eigenvalue weighted by molar-refractivity contribution is 7.80. The summed E-state index contributed by atoms with van der Waals surface area (Å²) in [5, 5.41) is 3.78. The van der Waals surface area contributed by atoms with E-state index in [4.69, 9.17) is 11.6 Å². The molecule has 0 aliphatic carbocycles. The molecule has 3 nitrogen and oxygen atoms in total. The lowest BCUT2D eigenvalue weighted by molar-refractivity contribution is -0.117. The molecule has 154 valence electrons. The number of nitrogens with one attached hydrogen (secondary N) is 1. The van der Waals surface area contributed by atoms with Crippen molar-refractivity contribution in [1.82, 2.24) is 4.90 Å². The van der Waals surface area contributed by atoms with E-state index in [0.717, 1.165) is 54.9 Å². The Morgan fingerprint density at radius 2 is 1.67 bits per heavy atom. The number of hydrogen-bond acceptors (Lipinski definition) is 3. The lowest BCUT2D eigenvalue weighted by Crippen LogP contribution is -2.35. The van der Waals surface area contributed by atoms with Crippen LogP contribution in [0.25, 0.3) is 0 Å². The summed E-state index contributed by atoms with van der Waals surface area (Å²) >= 11 is 10.5. The molecule has 1 amide bonds. The molecule has 0 aromatic heterocycles. The van der Waals surface area contributed by atoms with E-state index < -0.39 is 0 Å². The number of anilines is 1. The summed E-state index contributed by atoms with van der Waals surface area (Å²) in [5.74, 6) is 0.983. The number of unbranched alkanes of at least 4 members (excludes halogenated alkanes) is 6. The fraction of sp³-hybridized carbons (Fsp3) is 0.682. The lowest BCUT2D eigenvalue weighted by Gasteiger charge is -2.22. The molecule has 27 heavy (non-hydrogen) atoms. The van der Waals surface area contributed by atoms with Crippen molar-refractivity contribution in [2.75, 3.05) is 30.7 Å². The van der Waals surface area contributed by atoms with E-state index in [2.05, 4.69) is 29.8 Å². The molecule has 0 spiro atoms. The van der Waals surface area contributed by atoms with Crippen LogP contribution >= 0.6 is 24.2 Å². The van der Waals surface area contributed by atoms with Gasteiger partial charge >= 0.3 is 0 Å². The fourth-order valence-electron chi connectivity index (χ4n) is 3.23. The molecule has 1 aromatic rings. The number of hydrogen-bond donors (Lipinski definition) is 2. The molecule has 5 heteroatoms. The normalized spacial score (nSPS) is 11.2. The Bertz CT molecular complexity index is 565. The maximum atomic E-state index is 12.7. The number of aryl methyl sites for hydroxylation is 1. The molecule has 0 saturated carbocycles. The Hall–Kier alpha value is -0.710. The van der Waals surface area contributed by atoms with Crippen molar-refractivity contribution in [1.29, 1.82) is 0 Å². The third-order valence-electron chi connectivity index (χ3n) is 4.95. The molecule has 0 fully saturated rings. The smallest absolute Gasteiger partial charge is 0.238 e. The number of thiol groups is 1. The molecule has 0 heterocycles. The van der Waals surface area contributed by atoms with E-state index in [-0.39, 0.29) is 5.91 Å². The van der Waals surface area contributed by atoms with Gasteiger partial charge in [0.25, 0.3) is 0 Å². The highest BCUT2D eigenvalue weighted by Gasteiger charge is 2.14. The highest BCUT2D eigenvalue weighted by atomic mass is 35.5. The first-order chi connectivity index (χ1) is 13.0. The Morgan fingerprint density at radius 1 is 1.04 bits per heavy atom. The first-order valence-corrected chi connectivity index (χ1v) is 11.4. The lowest BCUT2D eigenvalue weighted by atomic mass is 10.1. The average Bonchev–Trinajstić information content (AvgIpc) is 2.65. The summed E-state index contributed by atoms with van der Waals surface area (Å²) in [4.78, 5) is 15.0. The van der Waals surface area contributed by atoms with Gasteiger partial charge in [-0.15, -0.1) is 0 Å². The van der Waals surface area contributed by atoms with Crippen LogP contribution in [-0.4, -0.2) is 36.2 Å². The number of nitrogens with zero attached hydrogens (tertiary/aromatic N) is 1. The van der Waals surface area contributed by atoms with Crippen LogP contribution in [-0.2, 0) is 4.79 Å². The van der Waals surface area contributed by atoms with Crippen molar-refractivity contribution in [3.63, 3.8) is 0 Å². The van der Waals surface area contributed by atoms with Crippen molar-refractivity contribution >= 4 is 35.8 Å². The van der Waals surface area contributed by atoms with Gasteiger partial charge in [-0.3, -0.25) is 9.69 Å².